The van der Waals surface area contributed by atoms with Gasteiger partial charge in [-0.2, -0.15) is 5.10 Å². The molecule has 0 saturated carbocycles. The van der Waals surface area contributed by atoms with Gasteiger partial charge in [-0.3, -0.25) is 9.67 Å². The SMILES string of the molecule is Cc1cc(CCCO)ccc1C1SCC(C)Nc2c1c(-c1ccccn1)nn2C. The molecule has 1 aliphatic rings. The van der Waals surface area contributed by atoms with Crippen molar-refractivity contribution in [2.24, 2.45) is 7.05 Å². The van der Waals surface area contributed by atoms with Crippen molar-refractivity contribution in [3.8, 4) is 11.4 Å². The third kappa shape index (κ3) is 4.05. The van der Waals surface area contributed by atoms with Gasteiger partial charge in [-0.25, -0.2) is 0 Å². The molecule has 2 N–H and O–H groups in total. The molecule has 1 aliphatic heterocycles. The topological polar surface area (TPSA) is 63.0 Å². The lowest BCUT2D eigenvalue weighted by atomic mass is 9.95. The van der Waals surface area contributed by atoms with Gasteiger partial charge in [0.15, 0.2) is 0 Å². The molecule has 0 bridgehead atoms. The number of rotatable bonds is 5. The van der Waals surface area contributed by atoms with E-state index in [4.69, 9.17) is 10.2 Å². The summed E-state index contributed by atoms with van der Waals surface area (Å²) in [5.41, 5.74) is 6.96. The van der Waals surface area contributed by atoms with E-state index in [0.29, 0.717) is 6.04 Å². The second-order valence-corrected chi connectivity index (χ2v) is 8.86. The molecule has 0 fully saturated rings. The van der Waals surface area contributed by atoms with Crippen LogP contribution in [0.4, 0.5) is 5.82 Å². The highest BCUT2D eigenvalue weighted by atomic mass is 32.2. The average molecular weight is 409 g/mol. The highest BCUT2D eigenvalue weighted by Crippen LogP contribution is 2.47. The fourth-order valence-corrected chi connectivity index (χ4v) is 5.37. The number of benzene rings is 1. The van der Waals surface area contributed by atoms with Gasteiger partial charge in [0.2, 0.25) is 0 Å². The first-order valence-electron chi connectivity index (χ1n) is 10.1. The highest BCUT2D eigenvalue weighted by Gasteiger charge is 2.31. The van der Waals surface area contributed by atoms with Crippen molar-refractivity contribution in [2.75, 3.05) is 17.7 Å². The van der Waals surface area contributed by atoms with Crippen LogP contribution in [-0.2, 0) is 13.5 Å². The summed E-state index contributed by atoms with van der Waals surface area (Å²) in [7, 11) is 2.00. The van der Waals surface area contributed by atoms with Crippen molar-refractivity contribution in [1.29, 1.82) is 0 Å². The first-order valence-corrected chi connectivity index (χ1v) is 11.2. The van der Waals surface area contributed by atoms with Crippen molar-refractivity contribution in [3.05, 3.63) is 64.8 Å². The minimum Gasteiger partial charge on any atom is -0.396 e. The largest absolute Gasteiger partial charge is 0.396 e. The number of hydrogen-bond acceptors (Lipinski definition) is 5. The second-order valence-electron chi connectivity index (χ2n) is 7.73. The number of aliphatic hydroxyl groups excluding tert-OH is 1. The molecule has 3 heterocycles. The van der Waals surface area contributed by atoms with Crippen LogP contribution in [0.5, 0.6) is 0 Å². The summed E-state index contributed by atoms with van der Waals surface area (Å²) in [6.45, 7) is 4.64. The van der Waals surface area contributed by atoms with Crippen LogP contribution in [0.2, 0.25) is 0 Å². The lowest BCUT2D eigenvalue weighted by Crippen LogP contribution is -2.18. The maximum absolute atomic E-state index is 9.14. The van der Waals surface area contributed by atoms with E-state index in [1.165, 1.54) is 22.3 Å². The van der Waals surface area contributed by atoms with Crippen molar-refractivity contribution >= 4 is 17.6 Å². The molecule has 0 saturated heterocycles. The fraction of sp³-hybridized carbons (Fsp3) is 0.391. The van der Waals surface area contributed by atoms with E-state index in [1.807, 2.05) is 47.9 Å². The third-order valence-corrected chi connectivity index (χ3v) is 6.91. The van der Waals surface area contributed by atoms with Crippen molar-refractivity contribution in [1.82, 2.24) is 14.8 Å². The molecular formula is C23H28N4OS. The van der Waals surface area contributed by atoms with E-state index in [2.05, 4.69) is 42.3 Å². The van der Waals surface area contributed by atoms with E-state index >= 15 is 0 Å². The molecule has 3 aromatic rings. The first-order chi connectivity index (χ1) is 14.1. The standard InChI is InChI=1S/C23H28N4OS/c1-15-13-17(7-6-12-28)9-10-18(15)22-20-21(19-8-4-5-11-24-19)26-27(3)23(20)25-16(2)14-29-22/h4-5,8-11,13,16,22,25,28H,6-7,12,14H2,1-3H3. The summed E-state index contributed by atoms with van der Waals surface area (Å²) in [5.74, 6) is 2.10. The van der Waals surface area contributed by atoms with Gasteiger partial charge in [-0.05, 0) is 55.5 Å². The number of hydrogen-bond donors (Lipinski definition) is 2. The normalized spacial score (nSPS) is 18.8. The van der Waals surface area contributed by atoms with Gasteiger partial charge >= 0.3 is 0 Å². The maximum atomic E-state index is 9.14. The van der Waals surface area contributed by atoms with Crippen LogP contribution >= 0.6 is 11.8 Å². The number of thioether (sulfide) groups is 1. The van der Waals surface area contributed by atoms with E-state index in [1.54, 1.807) is 0 Å². The molecule has 2 unspecified atom stereocenters. The van der Waals surface area contributed by atoms with E-state index in [-0.39, 0.29) is 11.9 Å². The zero-order valence-corrected chi connectivity index (χ0v) is 18.0. The lowest BCUT2D eigenvalue weighted by Gasteiger charge is -2.19. The molecule has 152 valence electrons. The smallest absolute Gasteiger partial charge is 0.129 e. The van der Waals surface area contributed by atoms with Gasteiger partial charge in [0, 0.05) is 37.2 Å². The van der Waals surface area contributed by atoms with Crippen LogP contribution < -0.4 is 5.32 Å². The van der Waals surface area contributed by atoms with E-state index in [0.717, 1.165) is 35.8 Å². The summed E-state index contributed by atoms with van der Waals surface area (Å²) >= 11 is 1.96. The maximum Gasteiger partial charge on any atom is 0.129 e. The Kier molecular flexibility index (Phi) is 5.92. The molecule has 0 amide bonds. The predicted molar refractivity (Wildman–Crippen MR) is 120 cm³/mol. The molecule has 2 atom stereocenters. The summed E-state index contributed by atoms with van der Waals surface area (Å²) < 4.78 is 1.96. The summed E-state index contributed by atoms with van der Waals surface area (Å²) in [5, 5.41) is 17.8. The minimum atomic E-state index is 0.194. The van der Waals surface area contributed by atoms with Gasteiger partial charge < -0.3 is 10.4 Å². The zero-order valence-electron chi connectivity index (χ0n) is 17.2. The number of fused-ring (bicyclic) bond motifs is 1. The van der Waals surface area contributed by atoms with Gasteiger partial charge in [-0.15, -0.1) is 11.8 Å². The quantitative estimate of drug-likeness (QED) is 0.657. The molecule has 29 heavy (non-hydrogen) atoms. The first kappa shape index (κ1) is 20.0. The molecule has 0 radical (unpaired) electrons. The van der Waals surface area contributed by atoms with E-state index < -0.39 is 0 Å². The zero-order chi connectivity index (χ0) is 20.4. The van der Waals surface area contributed by atoms with Crippen molar-refractivity contribution < 1.29 is 5.11 Å². The molecular weight excluding hydrogens is 380 g/mol. The number of aryl methyl sites for hydroxylation is 3. The molecule has 0 aliphatic carbocycles. The Morgan fingerprint density at radius 3 is 2.86 bits per heavy atom. The van der Waals surface area contributed by atoms with Gasteiger partial charge in [0.25, 0.3) is 0 Å². The predicted octanol–water partition coefficient (Wildman–Crippen LogP) is 4.35. The van der Waals surface area contributed by atoms with Crippen molar-refractivity contribution in [2.45, 2.75) is 38.0 Å². The molecule has 0 spiro atoms. The van der Waals surface area contributed by atoms with Crippen LogP contribution in [0.15, 0.2) is 42.6 Å². The van der Waals surface area contributed by atoms with Gasteiger partial charge in [0.1, 0.15) is 11.5 Å². The molecule has 4 rings (SSSR count). The summed E-state index contributed by atoms with van der Waals surface area (Å²) in [4.78, 5) is 4.58. The Labute approximate surface area is 176 Å². The van der Waals surface area contributed by atoms with Crippen LogP contribution in [0.25, 0.3) is 11.4 Å². The Morgan fingerprint density at radius 2 is 2.14 bits per heavy atom. The number of pyridine rings is 1. The Bertz CT molecular complexity index is 986. The van der Waals surface area contributed by atoms with Crippen LogP contribution in [-0.4, -0.2) is 38.3 Å². The number of nitrogens with one attached hydrogen (secondary N) is 1. The fourth-order valence-electron chi connectivity index (χ4n) is 3.97. The number of aromatic nitrogens is 3. The van der Waals surface area contributed by atoms with Gasteiger partial charge in [-0.1, -0.05) is 24.3 Å². The van der Waals surface area contributed by atoms with Crippen LogP contribution in [0.1, 0.15) is 40.8 Å². The van der Waals surface area contributed by atoms with Crippen LogP contribution in [0, 0.1) is 6.92 Å². The number of nitrogens with zero attached hydrogens (tertiary/aromatic N) is 3. The Hall–Kier alpha value is -2.31. The summed E-state index contributed by atoms with van der Waals surface area (Å²) in [6, 6.07) is 13.1. The molecule has 1 aromatic carbocycles. The number of anilines is 1. The highest BCUT2D eigenvalue weighted by molar-refractivity contribution is 7.99. The third-order valence-electron chi connectivity index (χ3n) is 5.39. The Balaban J connectivity index is 1.82. The molecule has 6 heteroatoms. The second kappa shape index (κ2) is 8.59. The lowest BCUT2D eigenvalue weighted by molar-refractivity contribution is 0.288. The molecule has 5 nitrogen and oxygen atoms in total. The average Bonchev–Trinajstić information content (AvgIpc) is 2.93. The minimum absolute atomic E-state index is 0.194. The molecule has 2 aromatic heterocycles. The number of aliphatic hydroxyl groups is 1. The van der Waals surface area contributed by atoms with Crippen molar-refractivity contribution in [3.63, 3.8) is 0 Å². The van der Waals surface area contributed by atoms with E-state index in [9.17, 15) is 0 Å². The Morgan fingerprint density at radius 1 is 1.28 bits per heavy atom. The van der Waals surface area contributed by atoms with Gasteiger partial charge in [0.05, 0.1) is 10.9 Å². The van der Waals surface area contributed by atoms with Crippen LogP contribution in [0.3, 0.4) is 0 Å². The summed E-state index contributed by atoms with van der Waals surface area (Å²) in [6.07, 6.45) is 3.53. The monoisotopic (exact) mass is 408 g/mol.